The molecule has 6 nitrogen and oxygen atoms in total. The molecule has 6 heteroatoms. The summed E-state index contributed by atoms with van der Waals surface area (Å²) in [5, 5.41) is 5.31. The number of carbonyl (C=O) groups excluding carboxylic acids is 2. The molecule has 0 saturated heterocycles. The summed E-state index contributed by atoms with van der Waals surface area (Å²) in [4.78, 5) is 30.1. The molecule has 0 saturated carbocycles. The minimum atomic E-state index is -1.30. The van der Waals surface area contributed by atoms with Crippen molar-refractivity contribution in [3.8, 4) is 11.5 Å². The highest BCUT2D eigenvalue weighted by molar-refractivity contribution is 5.99. The quantitative estimate of drug-likeness (QED) is 0.134. The third-order valence-electron chi connectivity index (χ3n) is 9.11. The van der Waals surface area contributed by atoms with E-state index in [1.165, 1.54) is 0 Å². The van der Waals surface area contributed by atoms with Crippen LogP contribution < -0.4 is 14.8 Å². The molecule has 1 N–H and O–H groups in total. The van der Waals surface area contributed by atoms with Crippen molar-refractivity contribution in [2.75, 3.05) is 7.05 Å². The molecule has 0 aliphatic heterocycles. The zero-order valence-electron chi connectivity index (χ0n) is 28.7. The Morgan fingerprint density at radius 2 is 1.22 bits per heavy atom. The van der Waals surface area contributed by atoms with E-state index in [0.717, 1.165) is 33.0 Å². The van der Waals surface area contributed by atoms with Crippen molar-refractivity contribution in [1.29, 1.82) is 0 Å². The molecule has 0 aliphatic carbocycles. The molecule has 2 atom stereocenters. The van der Waals surface area contributed by atoms with Gasteiger partial charge in [0.1, 0.15) is 18.8 Å². The van der Waals surface area contributed by atoms with Crippen molar-refractivity contribution in [2.45, 2.75) is 45.1 Å². The summed E-state index contributed by atoms with van der Waals surface area (Å²) in [6.45, 7) is 4.54. The summed E-state index contributed by atoms with van der Waals surface area (Å²) in [6.07, 6.45) is 0.220. The molecule has 0 spiro atoms. The summed E-state index contributed by atoms with van der Waals surface area (Å²) < 4.78 is 12.6. The van der Waals surface area contributed by atoms with Gasteiger partial charge < -0.3 is 19.7 Å². The summed E-state index contributed by atoms with van der Waals surface area (Å²) in [6, 6.07) is 48.7. The van der Waals surface area contributed by atoms with Gasteiger partial charge in [0, 0.05) is 19.0 Å². The van der Waals surface area contributed by atoms with Crippen LogP contribution in [0.3, 0.4) is 0 Å². The Balaban J connectivity index is 1.32. The zero-order valence-corrected chi connectivity index (χ0v) is 28.7. The smallest absolute Gasteiger partial charge is 0.252 e. The lowest BCUT2D eigenvalue weighted by atomic mass is 9.89. The fraction of sp³-hybridized carbons (Fsp3) is 0.182. The predicted octanol–water partition coefficient (Wildman–Crippen LogP) is 8.95. The number of nitrogens with one attached hydrogen (secondary N) is 1. The van der Waals surface area contributed by atoms with Crippen LogP contribution in [0.15, 0.2) is 152 Å². The van der Waals surface area contributed by atoms with E-state index in [4.69, 9.17) is 9.47 Å². The van der Waals surface area contributed by atoms with Crippen LogP contribution in [0, 0.1) is 0 Å². The van der Waals surface area contributed by atoms with E-state index in [1.807, 2.05) is 122 Å². The number of ether oxygens (including phenoxy) is 2. The molecule has 0 fully saturated rings. The van der Waals surface area contributed by atoms with E-state index in [2.05, 4.69) is 29.6 Å². The van der Waals surface area contributed by atoms with Gasteiger partial charge in [-0.05, 0) is 71.1 Å². The van der Waals surface area contributed by atoms with Gasteiger partial charge in [0.25, 0.3) is 5.91 Å². The maximum atomic E-state index is 14.7. The normalized spacial score (nSPS) is 12.8. The largest absolute Gasteiger partial charge is 0.485 e. The molecule has 6 aromatic carbocycles. The molecule has 6 rings (SSSR count). The second-order valence-corrected chi connectivity index (χ2v) is 12.8. The Bertz CT molecular complexity index is 2040. The van der Waals surface area contributed by atoms with Crippen LogP contribution in [0.25, 0.3) is 10.8 Å². The summed E-state index contributed by atoms with van der Waals surface area (Å²) in [5.74, 6) is 0.620. The van der Waals surface area contributed by atoms with Crippen LogP contribution in [0.2, 0.25) is 0 Å². The minimum Gasteiger partial charge on any atom is -0.485 e. The molecule has 2 amide bonds. The van der Waals surface area contributed by atoms with Gasteiger partial charge in [0.05, 0.1) is 6.04 Å². The summed E-state index contributed by atoms with van der Waals surface area (Å²) in [7, 11) is 1.80. The van der Waals surface area contributed by atoms with Crippen molar-refractivity contribution in [3.63, 3.8) is 0 Å². The van der Waals surface area contributed by atoms with Gasteiger partial charge in [-0.2, -0.15) is 0 Å². The van der Waals surface area contributed by atoms with Crippen LogP contribution >= 0.6 is 0 Å². The number of nitrogens with zero attached hydrogens (tertiary/aromatic N) is 1. The van der Waals surface area contributed by atoms with Gasteiger partial charge in [0.15, 0.2) is 11.5 Å². The molecule has 6 aromatic rings. The second-order valence-electron chi connectivity index (χ2n) is 12.8. The predicted molar refractivity (Wildman–Crippen MR) is 199 cm³/mol. The number of benzene rings is 6. The highest BCUT2D eigenvalue weighted by atomic mass is 16.5. The molecule has 0 unspecified atom stereocenters. The number of rotatable bonds is 13. The SMILES string of the molecule is C[C@H](c1cccc2ccccc12)N(C)C(=O)[C@@](C)(Cc1ccc(OCc2ccccc2)c(OCc2ccccc2)c1)NC(=O)c1ccccc1. The van der Waals surface area contributed by atoms with Crippen LogP contribution in [0.4, 0.5) is 0 Å². The number of likely N-dealkylation sites (N-methyl/N-ethyl adjacent to an activating group) is 1. The van der Waals surface area contributed by atoms with Gasteiger partial charge in [-0.1, -0.05) is 127 Å². The van der Waals surface area contributed by atoms with Crippen LogP contribution in [0.1, 0.15) is 52.5 Å². The monoisotopic (exact) mass is 662 g/mol. The highest BCUT2D eigenvalue weighted by Gasteiger charge is 2.39. The first-order valence-corrected chi connectivity index (χ1v) is 16.9. The minimum absolute atomic E-state index is 0.210. The van der Waals surface area contributed by atoms with Crippen molar-refractivity contribution < 1.29 is 19.1 Å². The van der Waals surface area contributed by atoms with E-state index >= 15 is 0 Å². The van der Waals surface area contributed by atoms with Gasteiger partial charge in [-0.25, -0.2) is 0 Å². The van der Waals surface area contributed by atoms with Crippen LogP contribution in [0.5, 0.6) is 11.5 Å². The topological polar surface area (TPSA) is 67.9 Å². The van der Waals surface area contributed by atoms with E-state index in [-0.39, 0.29) is 24.3 Å². The molecule has 252 valence electrons. The van der Waals surface area contributed by atoms with E-state index < -0.39 is 5.54 Å². The average molecular weight is 663 g/mol. The van der Waals surface area contributed by atoms with Crippen LogP contribution in [-0.4, -0.2) is 29.3 Å². The van der Waals surface area contributed by atoms with E-state index in [9.17, 15) is 9.59 Å². The number of fused-ring (bicyclic) bond motifs is 1. The van der Waals surface area contributed by atoms with E-state index in [0.29, 0.717) is 30.3 Å². The molecular formula is C44H42N2O4. The third-order valence-corrected chi connectivity index (χ3v) is 9.11. The number of hydrogen-bond donors (Lipinski definition) is 1. The number of carbonyl (C=O) groups is 2. The van der Waals surface area contributed by atoms with Gasteiger partial charge in [-0.15, -0.1) is 0 Å². The first kappa shape index (κ1) is 34.0. The van der Waals surface area contributed by atoms with Crippen molar-refractivity contribution in [3.05, 3.63) is 179 Å². The van der Waals surface area contributed by atoms with Gasteiger partial charge in [0.2, 0.25) is 5.91 Å². The lowest BCUT2D eigenvalue weighted by Crippen LogP contribution is -2.58. The third kappa shape index (κ3) is 8.04. The molecule has 0 aliphatic rings. The van der Waals surface area contributed by atoms with Crippen molar-refractivity contribution in [2.24, 2.45) is 0 Å². The van der Waals surface area contributed by atoms with E-state index in [1.54, 1.807) is 31.0 Å². The Morgan fingerprint density at radius 3 is 1.88 bits per heavy atom. The lowest BCUT2D eigenvalue weighted by molar-refractivity contribution is -0.138. The molecule has 50 heavy (non-hydrogen) atoms. The first-order valence-electron chi connectivity index (χ1n) is 16.9. The number of hydrogen-bond acceptors (Lipinski definition) is 4. The Morgan fingerprint density at radius 1 is 0.660 bits per heavy atom. The maximum absolute atomic E-state index is 14.7. The first-order chi connectivity index (χ1) is 24.3. The Hall–Kier alpha value is -5.88. The van der Waals surface area contributed by atoms with Gasteiger partial charge in [-0.3, -0.25) is 9.59 Å². The average Bonchev–Trinajstić information content (AvgIpc) is 3.16. The van der Waals surface area contributed by atoms with Crippen LogP contribution in [-0.2, 0) is 24.4 Å². The molecule has 0 radical (unpaired) electrons. The number of amides is 2. The molecule has 0 aromatic heterocycles. The summed E-state index contributed by atoms with van der Waals surface area (Å²) >= 11 is 0. The zero-order chi connectivity index (χ0) is 34.9. The lowest BCUT2D eigenvalue weighted by Gasteiger charge is -2.37. The highest BCUT2D eigenvalue weighted by Crippen LogP contribution is 2.33. The van der Waals surface area contributed by atoms with Crippen molar-refractivity contribution in [1.82, 2.24) is 10.2 Å². The second kappa shape index (κ2) is 15.6. The Labute approximate surface area is 294 Å². The fourth-order valence-electron chi connectivity index (χ4n) is 6.25. The Kier molecular flexibility index (Phi) is 10.6. The summed E-state index contributed by atoms with van der Waals surface area (Å²) in [5.41, 5.74) is 3.08. The fourth-order valence-corrected chi connectivity index (χ4v) is 6.25. The maximum Gasteiger partial charge on any atom is 0.252 e. The van der Waals surface area contributed by atoms with Gasteiger partial charge >= 0.3 is 0 Å². The van der Waals surface area contributed by atoms with Crippen molar-refractivity contribution >= 4 is 22.6 Å². The standard InChI is InChI=1S/C44H42N2O4/c1-32(38-25-15-23-36-20-13-14-24-39(36)38)46(3)43(48)44(2,45-42(47)37-21-11-6-12-22-37)29-35-26-27-40(49-30-33-16-7-4-8-17-33)41(28-35)50-31-34-18-9-5-10-19-34/h4-28,32H,29-31H2,1-3H3,(H,45,47)/t32-,44-/m1/s1. The molecule has 0 bridgehead atoms. The molecule has 0 heterocycles. The molecular weight excluding hydrogens is 620 g/mol.